The van der Waals surface area contributed by atoms with Crippen molar-refractivity contribution in [2.45, 2.75) is 5.41 Å². The Balaban J connectivity index is 1.76. The Morgan fingerprint density at radius 3 is 1.71 bits per heavy atom. The lowest BCUT2D eigenvalue weighted by atomic mass is 9.67. The molecule has 1 heterocycles. The molecule has 5 aromatic carbocycles. The quantitative estimate of drug-likeness (QED) is 0.267. The van der Waals surface area contributed by atoms with Crippen molar-refractivity contribution in [3.05, 3.63) is 162 Å². The van der Waals surface area contributed by atoms with Crippen molar-refractivity contribution in [2.24, 2.45) is 0 Å². The number of hydrogen-bond donors (Lipinski definition) is 0. The second-order valence-electron chi connectivity index (χ2n) is 9.12. The molecule has 1 heteroatoms. The summed E-state index contributed by atoms with van der Waals surface area (Å²) in [5, 5.41) is 1.20. The van der Waals surface area contributed by atoms with Gasteiger partial charge in [-0.15, -0.1) is 0 Å². The highest BCUT2D eigenvalue weighted by Crippen LogP contribution is 2.59. The SMILES string of the molecule is c1ccc(-c2nc3ccccc3c3c2-c2ccccc2C3(c2ccccc2)c2ccccc2)cc1. The number of nitrogens with zero attached hydrogens (tertiary/aromatic N) is 1. The van der Waals surface area contributed by atoms with E-state index in [9.17, 15) is 0 Å². The Morgan fingerprint density at radius 1 is 0.486 bits per heavy atom. The first-order chi connectivity index (χ1) is 17.4. The van der Waals surface area contributed by atoms with Gasteiger partial charge in [0.15, 0.2) is 0 Å². The molecule has 0 radical (unpaired) electrons. The molecule has 164 valence electrons. The van der Waals surface area contributed by atoms with Crippen molar-refractivity contribution in [2.75, 3.05) is 0 Å². The Hall–Kier alpha value is -4.49. The minimum atomic E-state index is -0.444. The standard InChI is InChI=1S/C34H23N/c1-4-14-24(15-5-1)33-31-27-20-10-12-22-29(27)34(25-16-6-2-7-17-25,26-18-8-3-9-19-26)32(31)28-21-11-13-23-30(28)35-33/h1-23H. The number of pyridine rings is 1. The highest BCUT2D eigenvalue weighted by molar-refractivity contribution is 6.03. The first kappa shape index (κ1) is 19.9. The van der Waals surface area contributed by atoms with Gasteiger partial charge < -0.3 is 0 Å². The monoisotopic (exact) mass is 445 g/mol. The smallest absolute Gasteiger partial charge is 0.0791 e. The van der Waals surface area contributed by atoms with Gasteiger partial charge in [-0.3, -0.25) is 0 Å². The molecule has 0 unspecified atom stereocenters. The Labute approximate surface area is 205 Å². The third-order valence-corrected chi connectivity index (χ3v) is 7.33. The number of aromatic nitrogens is 1. The Kier molecular flexibility index (Phi) is 4.43. The zero-order chi connectivity index (χ0) is 23.2. The fourth-order valence-corrected chi connectivity index (χ4v) is 5.97. The molecule has 0 amide bonds. The van der Waals surface area contributed by atoms with E-state index in [2.05, 4.69) is 140 Å². The van der Waals surface area contributed by atoms with Crippen LogP contribution in [0.5, 0.6) is 0 Å². The van der Waals surface area contributed by atoms with E-state index in [1.54, 1.807) is 0 Å². The van der Waals surface area contributed by atoms with Crippen LogP contribution in [0.15, 0.2) is 140 Å². The largest absolute Gasteiger partial charge is 0.247 e. The summed E-state index contributed by atoms with van der Waals surface area (Å²) in [5.74, 6) is 0. The van der Waals surface area contributed by atoms with Gasteiger partial charge in [-0.05, 0) is 33.9 Å². The summed E-state index contributed by atoms with van der Waals surface area (Å²) in [4.78, 5) is 5.27. The van der Waals surface area contributed by atoms with Gasteiger partial charge in [-0.25, -0.2) is 4.98 Å². The number of hydrogen-bond acceptors (Lipinski definition) is 1. The zero-order valence-electron chi connectivity index (χ0n) is 19.2. The number of rotatable bonds is 3. The fraction of sp³-hybridized carbons (Fsp3) is 0.0294. The molecule has 0 N–H and O–H groups in total. The molecule has 0 bridgehead atoms. The molecule has 0 saturated heterocycles. The summed E-state index contributed by atoms with van der Waals surface area (Å²) in [7, 11) is 0. The van der Waals surface area contributed by atoms with Gasteiger partial charge in [-0.2, -0.15) is 0 Å². The predicted molar refractivity (Wildman–Crippen MR) is 144 cm³/mol. The van der Waals surface area contributed by atoms with Gasteiger partial charge >= 0.3 is 0 Å². The molecule has 0 atom stereocenters. The molecular weight excluding hydrogens is 422 g/mol. The predicted octanol–water partition coefficient (Wildman–Crippen LogP) is 8.26. The molecule has 0 spiro atoms. The van der Waals surface area contributed by atoms with Gasteiger partial charge in [0, 0.05) is 16.5 Å². The lowest BCUT2D eigenvalue weighted by Crippen LogP contribution is -2.29. The highest BCUT2D eigenvalue weighted by atomic mass is 14.7. The summed E-state index contributed by atoms with van der Waals surface area (Å²) < 4.78 is 0. The van der Waals surface area contributed by atoms with E-state index in [0.29, 0.717) is 0 Å². The maximum absolute atomic E-state index is 5.27. The molecular formula is C34H23N. The fourth-order valence-electron chi connectivity index (χ4n) is 5.97. The van der Waals surface area contributed by atoms with Crippen LogP contribution in [0.4, 0.5) is 0 Å². The average molecular weight is 446 g/mol. The molecule has 7 rings (SSSR count). The van der Waals surface area contributed by atoms with Crippen LogP contribution in [0.1, 0.15) is 22.3 Å². The number of fused-ring (bicyclic) bond motifs is 5. The van der Waals surface area contributed by atoms with Crippen LogP contribution in [0.3, 0.4) is 0 Å². The summed E-state index contributed by atoms with van der Waals surface area (Å²) in [6.45, 7) is 0. The van der Waals surface area contributed by atoms with Crippen LogP contribution in [-0.4, -0.2) is 4.98 Å². The van der Waals surface area contributed by atoms with Crippen molar-refractivity contribution < 1.29 is 0 Å². The molecule has 1 aliphatic carbocycles. The first-order valence-electron chi connectivity index (χ1n) is 12.1. The van der Waals surface area contributed by atoms with Gasteiger partial charge in [0.25, 0.3) is 0 Å². The van der Waals surface area contributed by atoms with Gasteiger partial charge in [0.2, 0.25) is 0 Å². The van der Waals surface area contributed by atoms with Crippen LogP contribution in [0, 0.1) is 0 Å². The average Bonchev–Trinajstić information content (AvgIpc) is 3.26. The van der Waals surface area contributed by atoms with E-state index in [-0.39, 0.29) is 0 Å². The Bertz CT molecular complexity index is 1630. The molecule has 6 aromatic rings. The molecule has 0 aliphatic heterocycles. The van der Waals surface area contributed by atoms with Crippen LogP contribution < -0.4 is 0 Å². The molecule has 1 aromatic heterocycles. The van der Waals surface area contributed by atoms with E-state index in [1.807, 2.05) is 0 Å². The van der Waals surface area contributed by atoms with E-state index < -0.39 is 5.41 Å². The normalized spacial score (nSPS) is 13.4. The van der Waals surface area contributed by atoms with Crippen LogP contribution >= 0.6 is 0 Å². The van der Waals surface area contributed by atoms with Crippen molar-refractivity contribution >= 4 is 10.9 Å². The van der Waals surface area contributed by atoms with Gasteiger partial charge in [0.05, 0.1) is 16.6 Å². The number of benzene rings is 5. The van der Waals surface area contributed by atoms with E-state index in [0.717, 1.165) is 16.8 Å². The van der Waals surface area contributed by atoms with Crippen molar-refractivity contribution in [3.63, 3.8) is 0 Å². The lowest BCUT2D eigenvalue weighted by Gasteiger charge is -2.34. The topological polar surface area (TPSA) is 12.9 Å². The van der Waals surface area contributed by atoms with Crippen molar-refractivity contribution in [3.8, 4) is 22.4 Å². The maximum Gasteiger partial charge on any atom is 0.0791 e. The van der Waals surface area contributed by atoms with Crippen LogP contribution in [-0.2, 0) is 5.41 Å². The van der Waals surface area contributed by atoms with Gasteiger partial charge in [-0.1, -0.05) is 133 Å². The maximum atomic E-state index is 5.27. The minimum absolute atomic E-state index is 0.444. The van der Waals surface area contributed by atoms with Crippen molar-refractivity contribution in [1.29, 1.82) is 0 Å². The minimum Gasteiger partial charge on any atom is -0.247 e. The zero-order valence-corrected chi connectivity index (χ0v) is 19.2. The molecule has 0 saturated carbocycles. The van der Waals surface area contributed by atoms with E-state index in [1.165, 1.54) is 38.8 Å². The molecule has 35 heavy (non-hydrogen) atoms. The van der Waals surface area contributed by atoms with Crippen LogP contribution in [0.25, 0.3) is 33.3 Å². The summed E-state index contributed by atoms with van der Waals surface area (Å²) in [6.07, 6.45) is 0. The van der Waals surface area contributed by atoms with Gasteiger partial charge in [0.1, 0.15) is 0 Å². The first-order valence-corrected chi connectivity index (χ1v) is 12.1. The summed E-state index contributed by atoms with van der Waals surface area (Å²) in [6, 6.07) is 50.0. The molecule has 0 fully saturated rings. The second kappa shape index (κ2) is 7.78. The third kappa shape index (κ3) is 2.79. The second-order valence-corrected chi connectivity index (χ2v) is 9.12. The third-order valence-electron chi connectivity index (χ3n) is 7.33. The lowest BCUT2D eigenvalue weighted by molar-refractivity contribution is 0.775. The summed E-state index contributed by atoms with van der Waals surface area (Å²) in [5.41, 5.74) is 10.4. The van der Waals surface area contributed by atoms with E-state index in [4.69, 9.17) is 4.98 Å². The van der Waals surface area contributed by atoms with Crippen LogP contribution in [0.2, 0.25) is 0 Å². The van der Waals surface area contributed by atoms with E-state index >= 15 is 0 Å². The Morgan fingerprint density at radius 2 is 1.03 bits per heavy atom. The van der Waals surface area contributed by atoms with Crippen molar-refractivity contribution in [1.82, 2.24) is 4.98 Å². The summed E-state index contributed by atoms with van der Waals surface area (Å²) >= 11 is 0. The molecule has 1 nitrogen and oxygen atoms in total. The number of para-hydroxylation sites is 1. The highest BCUT2D eigenvalue weighted by Gasteiger charge is 2.48. The molecule has 1 aliphatic rings.